The minimum absolute atomic E-state index is 0.00719. The van der Waals surface area contributed by atoms with Crippen LogP contribution in [0.1, 0.15) is 32.6 Å². The summed E-state index contributed by atoms with van der Waals surface area (Å²) in [4.78, 5) is 37.8. The van der Waals surface area contributed by atoms with Gasteiger partial charge in [0.05, 0.1) is 0 Å². The molecule has 0 rings (SSSR count). The van der Waals surface area contributed by atoms with E-state index in [4.69, 9.17) is 28.7 Å². The van der Waals surface area contributed by atoms with Crippen LogP contribution in [0.3, 0.4) is 0 Å². The van der Waals surface area contributed by atoms with E-state index in [1.165, 1.54) is 12.8 Å². The van der Waals surface area contributed by atoms with Crippen molar-refractivity contribution >= 4 is 24.1 Å². The maximum absolute atomic E-state index is 11.7. The molecular weight excluding hydrogens is 406 g/mol. The topological polar surface area (TPSA) is 254 Å². The van der Waals surface area contributed by atoms with Gasteiger partial charge in [-0.15, -0.1) is 0 Å². The molecule has 0 aromatic rings. The van der Waals surface area contributed by atoms with E-state index >= 15 is 0 Å². The van der Waals surface area contributed by atoms with E-state index in [0.717, 1.165) is 6.54 Å². The highest BCUT2D eigenvalue weighted by atomic mass is 16.2. The van der Waals surface area contributed by atoms with Gasteiger partial charge in [0.15, 0.2) is 5.96 Å². The molecule has 14 nitrogen and oxygen atoms in total. The quantitative estimate of drug-likeness (QED) is 0.0769. The lowest BCUT2D eigenvalue weighted by Crippen LogP contribution is -2.49. The highest BCUT2D eigenvalue weighted by molar-refractivity contribution is 5.76. The van der Waals surface area contributed by atoms with E-state index in [9.17, 15) is 14.4 Å². The molecule has 1 atom stereocenters. The minimum atomic E-state index is -0.688. The van der Waals surface area contributed by atoms with Crippen LogP contribution in [-0.4, -0.2) is 75.9 Å². The zero-order valence-corrected chi connectivity index (χ0v) is 18.4. The summed E-state index contributed by atoms with van der Waals surface area (Å²) in [5.74, 6) is -0.00719. The predicted molar refractivity (Wildman–Crippen MR) is 122 cm³/mol. The number of nitrogens with one attached hydrogen (secondary N) is 5. The van der Waals surface area contributed by atoms with Gasteiger partial charge < -0.3 is 55.3 Å². The molecule has 0 aliphatic heterocycles. The average molecular weight is 448 g/mol. The molecule has 0 aliphatic carbocycles. The van der Waals surface area contributed by atoms with Crippen molar-refractivity contribution < 1.29 is 14.4 Å². The summed E-state index contributed by atoms with van der Waals surface area (Å²) < 4.78 is 0. The first-order valence-corrected chi connectivity index (χ1v) is 10.3. The van der Waals surface area contributed by atoms with Crippen molar-refractivity contribution in [1.82, 2.24) is 26.6 Å². The molecule has 1 unspecified atom stereocenters. The van der Waals surface area contributed by atoms with Crippen LogP contribution in [0.5, 0.6) is 0 Å². The van der Waals surface area contributed by atoms with E-state index in [-0.39, 0.29) is 37.7 Å². The van der Waals surface area contributed by atoms with Crippen LogP contribution >= 0.6 is 0 Å². The molecule has 0 saturated carbocycles. The summed E-state index contributed by atoms with van der Waals surface area (Å²) in [6, 6.07) is -1.84. The van der Waals surface area contributed by atoms with Gasteiger partial charge in [0.1, 0.15) is 0 Å². The van der Waals surface area contributed by atoms with Crippen LogP contribution in [0.4, 0.5) is 14.4 Å². The van der Waals surface area contributed by atoms with Crippen LogP contribution in [0.2, 0.25) is 0 Å². The van der Waals surface area contributed by atoms with Crippen molar-refractivity contribution in [2.24, 2.45) is 33.7 Å². The Morgan fingerprint density at radius 2 is 1.42 bits per heavy atom. The molecule has 0 aromatic carbocycles. The fourth-order valence-corrected chi connectivity index (χ4v) is 2.06. The number of rotatable bonds is 14. The number of hydrogen-bond acceptors (Lipinski definition) is 6. The first kappa shape index (κ1) is 30.2. The fourth-order valence-electron chi connectivity index (χ4n) is 2.06. The van der Waals surface area contributed by atoms with Crippen molar-refractivity contribution in [2.45, 2.75) is 38.6 Å². The zero-order valence-electron chi connectivity index (χ0n) is 18.4. The van der Waals surface area contributed by atoms with E-state index in [0.29, 0.717) is 32.5 Å². The third-order valence-corrected chi connectivity index (χ3v) is 3.54. The Bertz CT molecular complexity index is 512. The highest BCUT2D eigenvalue weighted by Crippen LogP contribution is 1.97. The maximum Gasteiger partial charge on any atom is 0.314 e. The minimum Gasteiger partial charge on any atom is -0.370 e. The van der Waals surface area contributed by atoms with E-state index < -0.39 is 12.1 Å². The third-order valence-electron chi connectivity index (χ3n) is 3.54. The van der Waals surface area contributed by atoms with Crippen LogP contribution in [-0.2, 0) is 0 Å². The number of nitrogens with two attached hydrogens (primary N) is 5. The van der Waals surface area contributed by atoms with Gasteiger partial charge in [-0.3, -0.25) is 4.99 Å². The Kier molecular flexibility index (Phi) is 21.1. The van der Waals surface area contributed by atoms with Crippen molar-refractivity contribution in [2.75, 3.05) is 45.8 Å². The molecule has 31 heavy (non-hydrogen) atoms. The molecule has 14 heteroatoms. The lowest BCUT2D eigenvalue weighted by molar-refractivity contribution is 0.233. The monoisotopic (exact) mass is 447 g/mol. The number of guanidine groups is 1. The van der Waals surface area contributed by atoms with Gasteiger partial charge in [0.25, 0.3) is 0 Å². The van der Waals surface area contributed by atoms with E-state index in [1.807, 2.05) is 0 Å². The summed E-state index contributed by atoms with van der Waals surface area (Å²) in [5.41, 5.74) is 26.0. The van der Waals surface area contributed by atoms with Gasteiger partial charge in [-0.25, -0.2) is 14.4 Å². The molecule has 0 fully saturated rings. The lowest BCUT2D eigenvalue weighted by Gasteiger charge is -2.18. The number of aliphatic imine (C=N–C) groups is 1. The van der Waals surface area contributed by atoms with Crippen LogP contribution in [0.15, 0.2) is 4.99 Å². The Labute approximate surface area is 183 Å². The predicted octanol–water partition coefficient (Wildman–Crippen LogP) is -2.62. The number of hydrogen-bond donors (Lipinski definition) is 10. The fraction of sp³-hybridized carbons (Fsp3) is 0.765. The molecule has 15 N–H and O–H groups in total. The Hall–Kier alpha value is -3.00. The SMILES string of the molecule is CCCCN.NCCNC(=O)NCCNC(=O)NCC(CCCN=C(N)N)NC(N)=O. The Morgan fingerprint density at radius 1 is 0.839 bits per heavy atom. The van der Waals surface area contributed by atoms with Crippen molar-refractivity contribution in [3.8, 4) is 0 Å². The summed E-state index contributed by atoms with van der Waals surface area (Å²) in [6.07, 6.45) is 3.52. The summed E-state index contributed by atoms with van der Waals surface area (Å²) in [7, 11) is 0. The van der Waals surface area contributed by atoms with Crippen molar-refractivity contribution in [3.63, 3.8) is 0 Å². The van der Waals surface area contributed by atoms with Gasteiger partial charge >= 0.3 is 18.1 Å². The van der Waals surface area contributed by atoms with Gasteiger partial charge in [-0.2, -0.15) is 0 Å². The Morgan fingerprint density at radius 3 is 1.87 bits per heavy atom. The molecular formula is C17H41N11O3. The maximum atomic E-state index is 11.7. The van der Waals surface area contributed by atoms with Gasteiger partial charge in [0, 0.05) is 45.3 Å². The second-order valence-corrected chi connectivity index (χ2v) is 6.40. The number of urea groups is 3. The van der Waals surface area contributed by atoms with Gasteiger partial charge in [0.2, 0.25) is 0 Å². The summed E-state index contributed by atoms with van der Waals surface area (Å²) in [6.45, 7) is 4.77. The van der Waals surface area contributed by atoms with Crippen molar-refractivity contribution in [1.29, 1.82) is 0 Å². The zero-order chi connectivity index (χ0) is 23.9. The van der Waals surface area contributed by atoms with E-state index in [1.54, 1.807) is 0 Å². The second kappa shape index (κ2) is 21.7. The molecule has 182 valence electrons. The molecule has 0 heterocycles. The second-order valence-electron chi connectivity index (χ2n) is 6.40. The van der Waals surface area contributed by atoms with Gasteiger partial charge in [-0.1, -0.05) is 13.3 Å². The normalized spacial score (nSPS) is 10.5. The Balaban J connectivity index is 0. The molecule has 0 radical (unpaired) electrons. The number of primary amides is 1. The number of unbranched alkanes of at least 4 members (excludes halogenated alkanes) is 1. The number of carbonyl (C=O) groups excluding carboxylic acids is 3. The smallest absolute Gasteiger partial charge is 0.314 e. The highest BCUT2D eigenvalue weighted by Gasteiger charge is 2.11. The van der Waals surface area contributed by atoms with Gasteiger partial charge in [-0.05, 0) is 25.8 Å². The first-order valence-electron chi connectivity index (χ1n) is 10.3. The van der Waals surface area contributed by atoms with E-state index in [2.05, 4.69) is 38.5 Å². The average Bonchev–Trinajstić information content (AvgIpc) is 2.71. The summed E-state index contributed by atoms with van der Waals surface area (Å²) >= 11 is 0. The molecule has 0 bridgehead atoms. The third kappa shape index (κ3) is 25.0. The van der Waals surface area contributed by atoms with Crippen LogP contribution < -0.4 is 55.3 Å². The summed E-state index contributed by atoms with van der Waals surface area (Å²) in [5, 5.41) is 12.8. The molecule has 0 spiro atoms. The molecule has 0 aliphatic rings. The largest absolute Gasteiger partial charge is 0.370 e. The van der Waals surface area contributed by atoms with Crippen molar-refractivity contribution in [3.05, 3.63) is 0 Å². The lowest BCUT2D eigenvalue weighted by atomic mass is 10.1. The number of nitrogens with zero attached hydrogens (tertiary/aromatic N) is 1. The first-order chi connectivity index (χ1) is 14.8. The number of carbonyl (C=O) groups is 3. The molecule has 0 saturated heterocycles. The van der Waals surface area contributed by atoms with Crippen LogP contribution in [0, 0.1) is 0 Å². The van der Waals surface area contributed by atoms with Crippen LogP contribution in [0.25, 0.3) is 0 Å². The molecule has 0 aromatic heterocycles. The molecule has 6 amide bonds. The number of amides is 6. The standard InChI is InChI=1S/C13H30N10O3.C4H11N/c14-3-5-19-12(25)20-6-7-21-13(26)22-8-9(23-11(17)24)2-1-4-18-10(15)16;1-2-3-4-5/h9H,1-8,14H2,(H4,15,16,18)(H3,17,23,24)(H2,19,20,25)(H2,21,22,26);2-5H2,1H3.